The number of amides is 1. The van der Waals surface area contributed by atoms with Gasteiger partial charge >= 0.3 is 12.2 Å². The SMILES string of the molecule is CN1CCOc2c(nn3c2CN(c2nc(OC[C@@]45CCCN4C[C@H](F)C5)nc4c2CO[C@H](c2c(C(F)(F)F)ccc(N)c2F)C4)CCC3)C1=O. The molecule has 0 bridgehead atoms. The standard InChI is InChI=1S/C33H37F5N8O4/c1-43-10-11-48-28-23-15-44(7-3-9-46(23)42-27(28)30(43)47)29-19-16-49-24(25-20(33(36,37)38)4-5-21(39)26(25)35)12-22(19)40-31(41-29)50-17-32-6-2-8-45(32)14-18(34)13-32/h4-5,18,24H,2-3,6-17,39H2,1H3/t18-,24+,32+/m1/s1. The Hall–Kier alpha value is -4.25. The number of hydrogen-bond donors (Lipinski definition) is 1. The normalized spacial score (nSPS) is 25.4. The van der Waals surface area contributed by atoms with Crippen LogP contribution in [-0.2, 0) is 37.0 Å². The van der Waals surface area contributed by atoms with Gasteiger partial charge in [0.2, 0.25) is 0 Å². The number of nitrogens with two attached hydrogens (primary N) is 1. The number of fused-ring (bicyclic) bond motifs is 5. The number of aryl methyl sites for hydroxylation is 1. The summed E-state index contributed by atoms with van der Waals surface area (Å²) >= 11 is 0. The van der Waals surface area contributed by atoms with Crippen LogP contribution in [0, 0.1) is 5.82 Å². The second-order valence-corrected chi connectivity index (χ2v) is 13.7. The number of anilines is 2. The summed E-state index contributed by atoms with van der Waals surface area (Å²) in [5.41, 5.74) is 4.73. The van der Waals surface area contributed by atoms with Crippen molar-refractivity contribution >= 4 is 17.4 Å². The third kappa shape index (κ3) is 5.58. The number of carbonyl (C=O) groups excluding carboxylic acids is 1. The molecular weight excluding hydrogens is 667 g/mol. The molecule has 2 aromatic heterocycles. The van der Waals surface area contributed by atoms with Crippen molar-refractivity contribution < 1.29 is 41.0 Å². The van der Waals surface area contributed by atoms with E-state index in [4.69, 9.17) is 24.9 Å². The molecule has 50 heavy (non-hydrogen) atoms. The third-order valence-electron chi connectivity index (χ3n) is 10.6. The molecule has 17 heteroatoms. The van der Waals surface area contributed by atoms with E-state index in [1.165, 1.54) is 0 Å². The van der Waals surface area contributed by atoms with E-state index in [0.717, 1.165) is 31.5 Å². The summed E-state index contributed by atoms with van der Waals surface area (Å²) in [6, 6.07) is 1.63. The molecule has 5 aliphatic heterocycles. The highest BCUT2D eigenvalue weighted by atomic mass is 19.4. The van der Waals surface area contributed by atoms with Crippen LogP contribution >= 0.6 is 0 Å². The van der Waals surface area contributed by atoms with Gasteiger partial charge in [-0.3, -0.25) is 14.4 Å². The maximum atomic E-state index is 15.4. The third-order valence-corrected chi connectivity index (χ3v) is 10.6. The number of nitrogen functional groups attached to an aromatic ring is 1. The fourth-order valence-electron chi connectivity index (χ4n) is 8.09. The molecule has 3 atom stereocenters. The predicted octanol–water partition coefficient (Wildman–Crippen LogP) is 4.06. The van der Waals surface area contributed by atoms with Gasteiger partial charge in [-0.25, -0.2) is 8.78 Å². The number of carbonyl (C=O) groups is 1. The summed E-state index contributed by atoms with van der Waals surface area (Å²) in [6.07, 6.45) is -4.78. The number of likely N-dealkylation sites (N-methyl/N-ethyl adjacent to an activating group) is 1. The number of benzene rings is 1. The molecule has 5 aliphatic rings. The molecule has 0 saturated carbocycles. The summed E-state index contributed by atoms with van der Waals surface area (Å²) in [5, 5.41) is 4.59. The first-order valence-corrected chi connectivity index (χ1v) is 16.8. The molecule has 0 aliphatic carbocycles. The molecular formula is C33H37F5N8O4. The van der Waals surface area contributed by atoms with Crippen LogP contribution in [0.2, 0.25) is 0 Å². The van der Waals surface area contributed by atoms with Crippen molar-refractivity contribution in [2.24, 2.45) is 0 Å². The fourth-order valence-corrected chi connectivity index (χ4v) is 8.09. The lowest BCUT2D eigenvalue weighted by Gasteiger charge is -2.33. The number of hydrogen-bond acceptors (Lipinski definition) is 10. The van der Waals surface area contributed by atoms with Crippen LogP contribution in [0.4, 0.5) is 33.5 Å². The molecule has 2 fully saturated rings. The van der Waals surface area contributed by atoms with E-state index in [1.807, 2.05) is 4.90 Å². The molecule has 1 aromatic carbocycles. The Labute approximate surface area is 284 Å². The van der Waals surface area contributed by atoms with E-state index in [0.29, 0.717) is 74.1 Å². The van der Waals surface area contributed by atoms with Crippen molar-refractivity contribution in [1.29, 1.82) is 0 Å². The Balaban J connectivity index is 1.18. The van der Waals surface area contributed by atoms with Gasteiger partial charge in [-0.2, -0.15) is 28.2 Å². The minimum atomic E-state index is -4.86. The van der Waals surface area contributed by atoms with E-state index in [2.05, 4.69) is 15.0 Å². The van der Waals surface area contributed by atoms with Gasteiger partial charge in [-0.15, -0.1) is 0 Å². The van der Waals surface area contributed by atoms with Crippen LogP contribution in [0.5, 0.6) is 11.8 Å². The topological polar surface area (TPSA) is 124 Å². The van der Waals surface area contributed by atoms with Gasteiger partial charge in [0.05, 0.1) is 48.3 Å². The van der Waals surface area contributed by atoms with E-state index in [-0.39, 0.29) is 43.8 Å². The molecule has 2 N–H and O–H groups in total. The minimum Gasteiger partial charge on any atom is -0.487 e. The van der Waals surface area contributed by atoms with Gasteiger partial charge < -0.3 is 29.7 Å². The van der Waals surface area contributed by atoms with Crippen LogP contribution in [0.25, 0.3) is 0 Å². The summed E-state index contributed by atoms with van der Waals surface area (Å²) in [7, 11) is 1.69. The average molecular weight is 705 g/mol. The fraction of sp³-hybridized carbons (Fsp3) is 0.576. The number of aromatic nitrogens is 4. The van der Waals surface area contributed by atoms with E-state index in [9.17, 15) is 22.4 Å². The lowest BCUT2D eigenvalue weighted by atomic mass is 9.94. The summed E-state index contributed by atoms with van der Waals surface area (Å²) in [4.78, 5) is 28.2. The largest absolute Gasteiger partial charge is 0.487 e. The number of ether oxygens (including phenoxy) is 3. The van der Waals surface area contributed by atoms with E-state index >= 15 is 4.39 Å². The predicted molar refractivity (Wildman–Crippen MR) is 168 cm³/mol. The van der Waals surface area contributed by atoms with Crippen LogP contribution in [-0.4, -0.2) is 93.6 Å². The lowest BCUT2D eigenvalue weighted by Crippen LogP contribution is -2.43. The van der Waals surface area contributed by atoms with Crippen LogP contribution in [0.1, 0.15) is 70.4 Å². The highest BCUT2D eigenvalue weighted by molar-refractivity contribution is 5.95. The van der Waals surface area contributed by atoms with Crippen molar-refractivity contribution in [1.82, 2.24) is 29.5 Å². The quantitative estimate of drug-likeness (QED) is 0.307. The van der Waals surface area contributed by atoms with Crippen LogP contribution in [0.15, 0.2) is 12.1 Å². The van der Waals surface area contributed by atoms with Crippen molar-refractivity contribution in [2.45, 2.75) is 75.8 Å². The Morgan fingerprint density at radius 1 is 1.14 bits per heavy atom. The van der Waals surface area contributed by atoms with Gasteiger partial charge in [0.15, 0.2) is 17.3 Å². The summed E-state index contributed by atoms with van der Waals surface area (Å²) in [6.45, 7) is 2.97. The Bertz CT molecular complexity index is 1840. The van der Waals surface area contributed by atoms with Crippen molar-refractivity contribution in [3.63, 3.8) is 0 Å². The number of nitrogens with zero attached hydrogens (tertiary/aromatic N) is 7. The molecule has 8 rings (SSSR count). The zero-order valence-corrected chi connectivity index (χ0v) is 27.4. The van der Waals surface area contributed by atoms with Gasteiger partial charge in [0.1, 0.15) is 30.9 Å². The monoisotopic (exact) mass is 704 g/mol. The zero-order chi connectivity index (χ0) is 34.9. The molecule has 268 valence electrons. The average Bonchev–Trinajstić information content (AvgIpc) is 3.63. The molecule has 1 amide bonds. The van der Waals surface area contributed by atoms with Crippen molar-refractivity contribution in [3.8, 4) is 11.8 Å². The number of alkyl halides is 4. The molecule has 2 saturated heterocycles. The zero-order valence-electron chi connectivity index (χ0n) is 27.4. The Morgan fingerprint density at radius 2 is 1.98 bits per heavy atom. The number of halogens is 5. The van der Waals surface area contributed by atoms with E-state index in [1.54, 1.807) is 16.6 Å². The first-order chi connectivity index (χ1) is 23.9. The smallest absolute Gasteiger partial charge is 0.416 e. The Kier molecular flexibility index (Phi) is 8.04. The summed E-state index contributed by atoms with van der Waals surface area (Å²) in [5.74, 6) is -0.596. The van der Waals surface area contributed by atoms with Crippen molar-refractivity contribution in [3.05, 3.63) is 51.7 Å². The van der Waals surface area contributed by atoms with Gasteiger partial charge in [0, 0.05) is 50.7 Å². The molecule has 0 unspecified atom stereocenters. The maximum Gasteiger partial charge on any atom is 0.416 e. The lowest BCUT2D eigenvalue weighted by molar-refractivity contribution is -0.140. The van der Waals surface area contributed by atoms with E-state index < -0.39 is 46.6 Å². The van der Waals surface area contributed by atoms with Gasteiger partial charge in [-0.1, -0.05) is 0 Å². The molecule has 12 nitrogen and oxygen atoms in total. The highest BCUT2D eigenvalue weighted by Gasteiger charge is 2.49. The molecule has 0 radical (unpaired) electrons. The second-order valence-electron chi connectivity index (χ2n) is 13.7. The first kappa shape index (κ1) is 32.9. The molecule has 3 aromatic rings. The first-order valence-electron chi connectivity index (χ1n) is 16.8. The van der Waals surface area contributed by atoms with Gasteiger partial charge in [-0.05, 0) is 37.9 Å². The number of rotatable bonds is 5. The maximum absolute atomic E-state index is 15.4. The summed E-state index contributed by atoms with van der Waals surface area (Å²) < 4.78 is 92.3. The van der Waals surface area contributed by atoms with Crippen molar-refractivity contribution in [2.75, 3.05) is 57.1 Å². The van der Waals surface area contributed by atoms with Crippen LogP contribution in [0.3, 0.4) is 0 Å². The van der Waals surface area contributed by atoms with Crippen LogP contribution < -0.4 is 20.1 Å². The second kappa shape index (κ2) is 12.2. The highest BCUT2D eigenvalue weighted by Crippen LogP contribution is 2.44. The van der Waals surface area contributed by atoms with Gasteiger partial charge in [0.25, 0.3) is 5.91 Å². The Morgan fingerprint density at radius 3 is 2.80 bits per heavy atom. The molecule has 7 heterocycles. The minimum absolute atomic E-state index is 0.0170. The molecule has 0 spiro atoms.